The number of hydrogen-bond acceptors (Lipinski definition) is 4. The summed E-state index contributed by atoms with van der Waals surface area (Å²) in [4.78, 5) is 10.7. The van der Waals surface area contributed by atoms with Crippen LogP contribution in [-0.2, 0) is 9.53 Å². The van der Waals surface area contributed by atoms with Crippen LogP contribution in [0.4, 0.5) is 0 Å². The van der Waals surface area contributed by atoms with Crippen LogP contribution in [0, 0.1) is 5.92 Å². The maximum Gasteiger partial charge on any atom is 0.336 e. The fourth-order valence-electron chi connectivity index (χ4n) is 0.642. The van der Waals surface area contributed by atoms with Gasteiger partial charge in [-0.1, -0.05) is 13.8 Å². The normalized spacial score (nSPS) is 16.2. The first kappa shape index (κ1) is 10.4. The van der Waals surface area contributed by atoms with Gasteiger partial charge >= 0.3 is 5.97 Å². The van der Waals surface area contributed by atoms with E-state index >= 15 is 0 Å². The molecule has 3 N–H and O–H groups in total. The minimum absolute atomic E-state index is 0.0594. The van der Waals surface area contributed by atoms with Crippen LogP contribution in [0.3, 0.4) is 0 Å². The zero-order valence-electron chi connectivity index (χ0n) is 7.07. The summed E-state index contributed by atoms with van der Waals surface area (Å²) in [6, 6.07) is -0.553. The summed E-state index contributed by atoms with van der Waals surface area (Å²) in [6.07, 6.45) is -1.21. The van der Waals surface area contributed by atoms with Crippen LogP contribution in [-0.4, -0.2) is 30.3 Å². The quantitative estimate of drug-likeness (QED) is 0.547. The number of esters is 1. The lowest BCUT2D eigenvalue weighted by Gasteiger charge is -2.19. The maximum atomic E-state index is 10.7. The van der Waals surface area contributed by atoms with Crippen molar-refractivity contribution >= 4 is 5.97 Å². The third-order valence-corrected chi connectivity index (χ3v) is 1.58. The molecule has 0 radical (unpaired) electrons. The van der Waals surface area contributed by atoms with Crippen molar-refractivity contribution in [3.8, 4) is 0 Å². The Morgan fingerprint density at radius 1 is 1.55 bits per heavy atom. The van der Waals surface area contributed by atoms with Crippen molar-refractivity contribution < 1.29 is 14.6 Å². The Morgan fingerprint density at radius 2 is 2.00 bits per heavy atom. The Hall–Kier alpha value is -0.610. The summed E-state index contributed by atoms with van der Waals surface area (Å²) in [6.45, 7) is 3.66. The Labute approximate surface area is 66.3 Å². The van der Waals surface area contributed by atoms with Crippen molar-refractivity contribution in [1.82, 2.24) is 0 Å². The van der Waals surface area contributed by atoms with Crippen molar-refractivity contribution in [2.45, 2.75) is 26.0 Å². The molecule has 0 heterocycles. The van der Waals surface area contributed by atoms with Crippen molar-refractivity contribution in [3.05, 3.63) is 0 Å². The molecular weight excluding hydrogens is 146 g/mol. The maximum absolute atomic E-state index is 10.7. The SMILES string of the molecule is COC(=O)[C@@H](O)[C@@H](N)C(C)C. The molecule has 0 aromatic carbocycles. The zero-order chi connectivity index (χ0) is 9.02. The van der Waals surface area contributed by atoms with Crippen LogP contribution in [0.2, 0.25) is 0 Å². The molecule has 0 amide bonds. The van der Waals surface area contributed by atoms with E-state index in [1.165, 1.54) is 7.11 Å². The van der Waals surface area contributed by atoms with Gasteiger partial charge in [-0.15, -0.1) is 0 Å². The summed E-state index contributed by atoms with van der Waals surface area (Å²) in [5.41, 5.74) is 5.49. The first-order valence-electron chi connectivity index (χ1n) is 3.52. The largest absolute Gasteiger partial charge is 0.467 e. The van der Waals surface area contributed by atoms with Gasteiger partial charge in [0.05, 0.1) is 7.11 Å². The number of aliphatic hydroxyl groups is 1. The van der Waals surface area contributed by atoms with Crippen molar-refractivity contribution in [2.75, 3.05) is 7.11 Å². The third kappa shape index (κ3) is 2.86. The lowest BCUT2D eigenvalue weighted by Crippen LogP contribution is -2.44. The first-order chi connectivity index (χ1) is 5.00. The molecule has 0 aliphatic carbocycles. The molecule has 0 bridgehead atoms. The van der Waals surface area contributed by atoms with Gasteiger partial charge in [0.1, 0.15) is 0 Å². The fourth-order valence-corrected chi connectivity index (χ4v) is 0.642. The van der Waals surface area contributed by atoms with Crippen molar-refractivity contribution in [3.63, 3.8) is 0 Å². The van der Waals surface area contributed by atoms with Gasteiger partial charge in [0.15, 0.2) is 6.10 Å². The number of carbonyl (C=O) groups excluding carboxylic acids is 1. The number of nitrogens with two attached hydrogens (primary N) is 1. The number of carbonyl (C=O) groups is 1. The van der Waals surface area contributed by atoms with Crippen LogP contribution < -0.4 is 5.73 Å². The van der Waals surface area contributed by atoms with E-state index < -0.39 is 18.1 Å². The molecular formula is C7H15NO3. The average molecular weight is 161 g/mol. The van der Waals surface area contributed by atoms with E-state index in [0.717, 1.165) is 0 Å². The molecule has 11 heavy (non-hydrogen) atoms. The van der Waals surface area contributed by atoms with E-state index in [-0.39, 0.29) is 5.92 Å². The molecule has 0 saturated heterocycles. The number of ether oxygens (including phenoxy) is 1. The topological polar surface area (TPSA) is 72.5 Å². The smallest absolute Gasteiger partial charge is 0.336 e. The number of aliphatic hydroxyl groups excluding tert-OH is 1. The molecule has 0 aliphatic heterocycles. The summed E-state index contributed by atoms with van der Waals surface area (Å²) in [7, 11) is 1.22. The van der Waals surface area contributed by atoms with E-state index in [4.69, 9.17) is 10.8 Å². The van der Waals surface area contributed by atoms with Gasteiger partial charge in [0.25, 0.3) is 0 Å². The molecule has 0 aromatic heterocycles. The molecule has 0 unspecified atom stereocenters. The number of hydrogen-bond donors (Lipinski definition) is 2. The Bertz CT molecular complexity index is 136. The Morgan fingerprint density at radius 3 is 2.27 bits per heavy atom. The zero-order valence-corrected chi connectivity index (χ0v) is 7.07. The third-order valence-electron chi connectivity index (χ3n) is 1.58. The summed E-state index contributed by atoms with van der Waals surface area (Å²) in [5.74, 6) is -0.615. The van der Waals surface area contributed by atoms with Gasteiger partial charge in [-0.25, -0.2) is 4.79 Å². The second-order valence-electron chi connectivity index (χ2n) is 2.79. The van der Waals surface area contributed by atoms with Crippen molar-refractivity contribution in [1.29, 1.82) is 0 Å². The molecule has 0 aromatic rings. The fraction of sp³-hybridized carbons (Fsp3) is 0.857. The van der Waals surface area contributed by atoms with Crippen LogP contribution in [0.1, 0.15) is 13.8 Å². The van der Waals surface area contributed by atoms with Gasteiger partial charge < -0.3 is 15.6 Å². The minimum Gasteiger partial charge on any atom is -0.467 e. The minimum atomic E-state index is -1.21. The van der Waals surface area contributed by atoms with Crippen LogP contribution in [0.15, 0.2) is 0 Å². The van der Waals surface area contributed by atoms with Gasteiger partial charge in [-0.3, -0.25) is 0 Å². The predicted molar refractivity (Wildman–Crippen MR) is 40.8 cm³/mol. The van der Waals surface area contributed by atoms with E-state index in [1.54, 1.807) is 0 Å². The van der Waals surface area contributed by atoms with E-state index in [2.05, 4.69) is 4.74 Å². The highest BCUT2D eigenvalue weighted by atomic mass is 16.5. The number of methoxy groups -OCH3 is 1. The lowest BCUT2D eigenvalue weighted by molar-refractivity contribution is -0.152. The predicted octanol–water partition coefficient (Wildman–Crippen LogP) is -0.496. The summed E-state index contributed by atoms with van der Waals surface area (Å²) in [5, 5.41) is 9.16. The first-order valence-corrected chi connectivity index (χ1v) is 3.52. The van der Waals surface area contributed by atoms with Crippen LogP contribution in [0.25, 0.3) is 0 Å². The molecule has 4 heteroatoms. The molecule has 0 fully saturated rings. The van der Waals surface area contributed by atoms with Gasteiger partial charge in [0.2, 0.25) is 0 Å². The molecule has 0 rings (SSSR count). The summed E-state index contributed by atoms with van der Waals surface area (Å²) < 4.78 is 4.31. The van der Waals surface area contributed by atoms with Gasteiger partial charge in [-0.05, 0) is 5.92 Å². The van der Waals surface area contributed by atoms with Gasteiger partial charge in [-0.2, -0.15) is 0 Å². The Balaban J connectivity index is 4.01. The highest BCUT2D eigenvalue weighted by molar-refractivity contribution is 5.75. The molecule has 0 saturated carbocycles. The second kappa shape index (κ2) is 4.31. The lowest BCUT2D eigenvalue weighted by atomic mass is 10.00. The highest BCUT2D eigenvalue weighted by Crippen LogP contribution is 2.04. The summed E-state index contributed by atoms with van der Waals surface area (Å²) >= 11 is 0. The van der Waals surface area contributed by atoms with E-state index in [9.17, 15) is 4.79 Å². The van der Waals surface area contributed by atoms with E-state index in [1.807, 2.05) is 13.8 Å². The molecule has 66 valence electrons. The van der Waals surface area contributed by atoms with E-state index in [0.29, 0.717) is 0 Å². The number of rotatable bonds is 3. The highest BCUT2D eigenvalue weighted by Gasteiger charge is 2.25. The monoisotopic (exact) mass is 161 g/mol. The molecule has 2 atom stereocenters. The molecule has 0 spiro atoms. The molecule has 0 aliphatic rings. The Kier molecular flexibility index (Phi) is 4.07. The van der Waals surface area contributed by atoms with Crippen molar-refractivity contribution in [2.24, 2.45) is 11.7 Å². The van der Waals surface area contributed by atoms with Crippen LogP contribution >= 0.6 is 0 Å². The van der Waals surface area contributed by atoms with Crippen LogP contribution in [0.5, 0.6) is 0 Å². The van der Waals surface area contributed by atoms with Gasteiger partial charge in [0, 0.05) is 6.04 Å². The second-order valence-corrected chi connectivity index (χ2v) is 2.79. The standard InChI is InChI=1S/C7H15NO3/c1-4(2)5(8)6(9)7(10)11-3/h4-6,9H,8H2,1-3H3/t5-,6-/m0/s1. The average Bonchev–Trinajstić information content (AvgIpc) is 2.00. The molecule has 4 nitrogen and oxygen atoms in total.